The average Bonchev–Trinajstić information content (AvgIpc) is 3.01. The Morgan fingerprint density at radius 1 is 1.10 bits per heavy atom. The molecule has 0 atom stereocenters. The molecule has 2 nitrogen and oxygen atoms in total. The van der Waals surface area contributed by atoms with Gasteiger partial charge in [-0.05, 0) is 49.6 Å². The Balaban J connectivity index is 1.57. The summed E-state index contributed by atoms with van der Waals surface area (Å²) in [5, 5.41) is 4.85. The largest absolute Gasteiger partial charge is 0.346 e. The lowest BCUT2D eigenvalue weighted by molar-refractivity contribution is 0.613. The van der Waals surface area contributed by atoms with E-state index in [1.807, 2.05) is 11.3 Å². The van der Waals surface area contributed by atoms with Gasteiger partial charge in [-0.15, -0.1) is 11.3 Å². The fourth-order valence-corrected chi connectivity index (χ4v) is 3.37. The van der Waals surface area contributed by atoms with E-state index in [-0.39, 0.29) is 0 Å². The summed E-state index contributed by atoms with van der Waals surface area (Å²) >= 11 is 1.87. The number of hydrogen-bond donors (Lipinski definition) is 1. The van der Waals surface area contributed by atoms with E-state index in [9.17, 15) is 0 Å². The summed E-state index contributed by atoms with van der Waals surface area (Å²) in [5.41, 5.74) is 2.64. The lowest BCUT2D eigenvalue weighted by atomic mass is 10.2. The minimum Gasteiger partial charge on any atom is -0.346 e. The minimum atomic E-state index is 0.969. The SMILES string of the molecule is Cc1ccc2c(ccn2CCNCc2ccc(C)s2)c1. The second-order valence-electron chi connectivity index (χ2n) is 5.26. The van der Waals surface area contributed by atoms with Gasteiger partial charge in [-0.3, -0.25) is 0 Å². The third-order valence-corrected chi connectivity index (χ3v) is 4.55. The molecule has 0 saturated carbocycles. The van der Waals surface area contributed by atoms with E-state index in [2.05, 4.69) is 66.3 Å². The number of benzene rings is 1. The summed E-state index contributed by atoms with van der Waals surface area (Å²) in [5.74, 6) is 0. The normalized spacial score (nSPS) is 11.3. The molecule has 1 N–H and O–H groups in total. The highest BCUT2D eigenvalue weighted by atomic mass is 32.1. The van der Waals surface area contributed by atoms with Crippen LogP contribution in [0.5, 0.6) is 0 Å². The molecule has 3 heteroatoms. The van der Waals surface area contributed by atoms with Crippen molar-refractivity contribution in [2.45, 2.75) is 26.9 Å². The van der Waals surface area contributed by atoms with Crippen LogP contribution >= 0.6 is 11.3 Å². The summed E-state index contributed by atoms with van der Waals surface area (Å²) < 4.78 is 2.32. The highest BCUT2D eigenvalue weighted by molar-refractivity contribution is 7.11. The zero-order valence-electron chi connectivity index (χ0n) is 12.0. The van der Waals surface area contributed by atoms with Crippen molar-refractivity contribution in [2.24, 2.45) is 0 Å². The number of aromatic nitrogens is 1. The standard InChI is InChI=1S/C17H20N2S/c1-13-3-6-17-15(11-13)7-9-19(17)10-8-18-12-16-5-4-14(2)20-16/h3-7,9,11,18H,8,10,12H2,1-2H3. The Kier molecular flexibility index (Phi) is 3.90. The monoisotopic (exact) mass is 284 g/mol. The second kappa shape index (κ2) is 5.81. The van der Waals surface area contributed by atoms with Gasteiger partial charge < -0.3 is 9.88 Å². The quantitative estimate of drug-likeness (QED) is 0.698. The summed E-state index contributed by atoms with van der Waals surface area (Å²) in [6, 6.07) is 13.2. The molecular formula is C17H20N2S. The molecular weight excluding hydrogens is 264 g/mol. The van der Waals surface area contributed by atoms with Crippen LogP contribution in [0, 0.1) is 13.8 Å². The molecule has 0 amide bonds. The molecule has 0 unspecified atom stereocenters. The summed E-state index contributed by atoms with van der Waals surface area (Å²) in [6.45, 7) is 7.27. The molecule has 0 radical (unpaired) electrons. The maximum absolute atomic E-state index is 3.52. The van der Waals surface area contributed by atoms with E-state index in [0.29, 0.717) is 0 Å². The molecule has 2 aromatic heterocycles. The predicted octanol–water partition coefficient (Wildman–Crippen LogP) is 4.11. The van der Waals surface area contributed by atoms with Gasteiger partial charge in [-0.1, -0.05) is 11.6 Å². The molecule has 2 heterocycles. The zero-order chi connectivity index (χ0) is 13.9. The van der Waals surface area contributed by atoms with Crippen LogP contribution in [0.15, 0.2) is 42.6 Å². The van der Waals surface area contributed by atoms with Gasteiger partial charge in [-0.2, -0.15) is 0 Å². The Labute approximate surface area is 124 Å². The number of nitrogens with zero attached hydrogens (tertiary/aromatic N) is 1. The molecule has 0 bridgehead atoms. The molecule has 3 rings (SSSR count). The van der Waals surface area contributed by atoms with Gasteiger partial charge in [0.25, 0.3) is 0 Å². The van der Waals surface area contributed by atoms with Crippen LogP contribution < -0.4 is 5.32 Å². The van der Waals surface area contributed by atoms with Gasteiger partial charge in [0, 0.05) is 41.1 Å². The van der Waals surface area contributed by atoms with Gasteiger partial charge in [0.1, 0.15) is 0 Å². The van der Waals surface area contributed by atoms with Crippen LogP contribution in [0.1, 0.15) is 15.3 Å². The summed E-state index contributed by atoms with van der Waals surface area (Å²) in [4.78, 5) is 2.80. The van der Waals surface area contributed by atoms with Crippen LogP contribution in [0.4, 0.5) is 0 Å². The van der Waals surface area contributed by atoms with Crippen molar-refractivity contribution in [1.29, 1.82) is 0 Å². The maximum atomic E-state index is 3.52. The van der Waals surface area contributed by atoms with Crippen molar-refractivity contribution >= 4 is 22.2 Å². The minimum absolute atomic E-state index is 0.969. The lowest BCUT2D eigenvalue weighted by Crippen LogP contribution is -2.18. The number of thiophene rings is 1. The number of hydrogen-bond acceptors (Lipinski definition) is 2. The smallest absolute Gasteiger partial charge is 0.0480 e. The second-order valence-corrected chi connectivity index (χ2v) is 6.63. The van der Waals surface area contributed by atoms with Crippen LogP contribution in [0.3, 0.4) is 0 Å². The van der Waals surface area contributed by atoms with Crippen LogP contribution in [-0.4, -0.2) is 11.1 Å². The van der Waals surface area contributed by atoms with Gasteiger partial charge >= 0.3 is 0 Å². The Hall–Kier alpha value is -1.58. The van der Waals surface area contributed by atoms with Crippen molar-refractivity contribution in [3.8, 4) is 0 Å². The van der Waals surface area contributed by atoms with Crippen molar-refractivity contribution < 1.29 is 0 Å². The fraction of sp³-hybridized carbons (Fsp3) is 0.294. The van der Waals surface area contributed by atoms with Crippen LogP contribution in [-0.2, 0) is 13.1 Å². The van der Waals surface area contributed by atoms with Crippen molar-refractivity contribution in [1.82, 2.24) is 9.88 Å². The first-order chi connectivity index (χ1) is 9.72. The molecule has 0 aliphatic rings. The molecule has 20 heavy (non-hydrogen) atoms. The Morgan fingerprint density at radius 2 is 2.00 bits per heavy atom. The van der Waals surface area contributed by atoms with E-state index in [0.717, 1.165) is 19.6 Å². The van der Waals surface area contributed by atoms with Crippen molar-refractivity contribution in [3.05, 3.63) is 57.9 Å². The predicted molar refractivity (Wildman–Crippen MR) is 87.4 cm³/mol. The van der Waals surface area contributed by atoms with Gasteiger partial charge in [-0.25, -0.2) is 0 Å². The van der Waals surface area contributed by atoms with Gasteiger partial charge in [0.15, 0.2) is 0 Å². The molecule has 0 saturated heterocycles. The molecule has 1 aromatic carbocycles. The number of rotatable bonds is 5. The summed E-state index contributed by atoms with van der Waals surface area (Å²) in [6.07, 6.45) is 2.18. The number of fused-ring (bicyclic) bond motifs is 1. The summed E-state index contributed by atoms with van der Waals surface area (Å²) in [7, 11) is 0. The first-order valence-electron chi connectivity index (χ1n) is 7.04. The first kappa shape index (κ1) is 13.4. The molecule has 0 fully saturated rings. The number of aryl methyl sites for hydroxylation is 2. The molecule has 0 spiro atoms. The van der Waals surface area contributed by atoms with E-state index in [1.165, 1.54) is 26.2 Å². The van der Waals surface area contributed by atoms with Gasteiger partial charge in [0.05, 0.1) is 0 Å². The zero-order valence-corrected chi connectivity index (χ0v) is 12.8. The maximum Gasteiger partial charge on any atom is 0.0480 e. The molecule has 104 valence electrons. The Morgan fingerprint density at radius 3 is 2.80 bits per heavy atom. The van der Waals surface area contributed by atoms with Crippen molar-refractivity contribution in [2.75, 3.05) is 6.54 Å². The topological polar surface area (TPSA) is 17.0 Å². The highest BCUT2D eigenvalue weighted by Gasteiger charge is 2.01. The first-order valence-corrected chi connectivity index (χ1v) is 7.85. The lowest BCUT2D eigenvalue weighted by Gasteiger charge is -2.07. The van der Waals surface area contributed by atoms with E-state index >= 15 is 0 Å². The fourth-order valence-electron chi connectivity index (χ4n) is 2.51. The van der Waals surface area contributed by atoms with Crippen LogP contribution in [0.25, 0.3) is 10.9 Å². The van der Waals surface area contributed by atoms with Crippen molar-refractivity contribution in [3.63, 3.8) is 0 Å². The molecule has 3 aromatic rings. The van der Waals surface area contributed by atoms with E-state index in [1.54, 1.807) is 0 Å². The van der Waals surface area contributed by atoms with E-state index < -0.39 is 0 Å². The molecule has 0 aliphatic carbocycles. The number of nitrogens with one attached hydrogen (secondary N) is 1. The third-order valence-electron chi connectivity index (χ3n) is 3.55. The highest BCUT2D eigenvalue weighted by Crippen LogP contribution is 2.17. The Bertz CT molecular complexity index is 709. The van der Waals surface area contributed by atoms with E-state index in [4.69, 9.17) is 0 Å². The van der Waals surface area contributed by atoms with Crippen LogP contribution in [0.2, 0.25) is 0 Å². The molecule has 0 aliphatic heterocycles. The third kappa shape index (κ3) is 2.94. The average molecular weight is 284 g/mol. The van der Waals surface area contributed by atoms with Gasteiger partial charge in [0.2, 0.25) is 0 Å².